The number of thiocyanates is 2. The van der Waals surface area contributed by atoms with Crippen LogP contribution in [0.25, 0.3) is 0 Å². The second-order valence-corrected chi connectivity index (χ2v) is 0.548. The van der Waals surface area contributed by atoms with E-state index in [0.29, 0.717) is 0 Å². The van der Waals surface area contributed by atoms with Crippen molar-refractivity contribution in [3.8, 4) is 10.8 Å². The van der Waals surface area contributed by atoms with Crippen LogP contribution in [0.2, 0.25) is 0 Å². The molecule has 0 unspecified atom stereocenters. The molecule has 0 saturated heterocycles. The molecule has 48 valence electrons. The van der Waals surface area contributed by atoms with Gasteiger partial charge in [0.2, 0.25) is 0 Å². The van der Waals surface area contributed by atoms with Crippen molar-refractivity contribution in [2.75, 3.05) is 0 Å². The first-order valence-electron chi connectivity index (χ1n) is 0.855. The maximum atomic E-state index is 7.13. The zero-order valence-corrected chi connectivity index (χ0v) is 6.15. The van der Waals surface area contributed by atoms with Gasteiger partial charge in [-0.05, 0) is 0 Å². The molecule has 3 nitrogen and oxygen atoms in total. The Labute approximate surface area is 68.7 Å². The molecule has 0 aliphatic heterocycles. The first-order chi connectivity index (χ1) is 2.83. The summed E-state index contributed by atoms with van der Waals surface area (Å²) in [5.41, 5.74) is 0. The molecule has 0 aliphatic rings. The van der Waals surface area contributed by atoms with E-state index < -0.39 is 0 Å². The molecule has 0 aromatic heterocycles. The van der Waals surface area contributed by atoms with Gasteiger partial charge >= 0.3 is 16.5 Å². The van der Waals surface area contributed by atoms with Crippen LogP contribution in [0.3, 0.4) is 0 Å². The minimum atomic E-state index is 0. The number of nitriles is 2. The predicted molar refractivity (Wildman–Crippen MR) is 29.6 cm³/mol. The van der Waals surface area contributed by atoms with E-state index in [0.717, 1.165) is 0 Å². The molecular formula is C2H2N2NiOS2. The quantitative estimate of drug-likeness (QED) is 0.286. The Balaban J connectivity index is -0.0000000160. The normalized spacial score (nSPS) is 1.75. The fourth-order valence-corrected chi connectivity index (χ4v) is 0. The van der Waals surface area contributed by atoms with Crippen molar-refractivity contribution in [1.29, 1.82) is 10.5 Å². The molecule has 2 N–H and O–H groups in total. The van der Waals surface area contributed by atoms with Gasteiger partial charge in [0.05, 0.1) is 0 Å². The Morgan fingerprint density at radius 3 is 1.00 bits per heavy atom. The average Bonchev–Trinajstić information content (AvgIpc) is 1.39. The topological polar surface area (TPSA) is 79.1 Å². The standard InChI is InChI=1S/2CHNS.Ni.H2O/c2*2-1-3;;/h2*3H;;1H2/q;;+2;/p-2. The minimum absolute atomic E-state index is 0. The summed E-state index contributed by atoms with van der Waals surface area (Å²) in [7, 11) is 0. The summed E-state index contributed by atoms with van der Waals surface area (Å²) in [6.45, 7) is 0. The van der Waals surface area contributed by atoms with Gasteiger partial charge in [0.25, 0.3) is 0 Å². The van der Waals surface area contributed by atoms with Crippen molar-refractivity contribution in [1.82, 2.24) is 0 Å². The van der Waals surface area contributed by atoms with Gasteiger partial charge in [-0.1, -0.05) is 10.8 Å². The summed E-state index contributed by atoms with van der Waals surface area (Å²) in [6, 6.07) is 0. The van der Waals surface area contributed by atoms with Crippen molar-refractivity contribution in [3.05, 3.63) is 0 Å². The molecule has 6 heteroatoms. The van der Waals surface area contributed by atoms with Crippen molar-refractivity contribution in [3.63, 3.8) is 0 Å². The van der Waals surface area contributed by atoms with Crippen LogP contribution < -0.4 is 0 Å². The van der Waals surface area contributed by atoms with E-state index in [1.165, 1.54) is 10.8 Å². The van der Waals surface area contributed by atoms with Crippen LogP contribution >= 0.6 is 0 Å². The summed E-state index contributed by atoms with van der Waals surface area (Å²) >= 11 is 7.40. The van der Waals surface area contributed by atoms with Crippen LogP contribution in [0.4, 0.5) is 0 Å². The van der Waals surface area contributed by atoms with Crippen LogP contribution in [-0.2, 0) is 41.7 Å². The molecule has 0 radical (unpaired) electrons. The zero-order chi connectivity index (χ0) is 5.41. The molecule has 0 aliphatic carbocycles. The fourth-order valence-electron chi connectivity index (χ4n) is 0. The van der Waals surface area contributed by atoms with Crippen molar-refractivity contribution >= 4 is 25.3 Å². The molecule has 0 bridgehead atoms. The van der Waals surface area contributed by atoms with Crippen LogP contribution in [0, 0.1) is 21.3 Å². The molecule has 0 amide bonds. The number of rotatable bonds is 0. The van der Waals surface area contributed by atoms with E-state index in [4.69, 9.17) is 10.5 Å². The second kappa shape index (κ2) is 67.6. The van der Waals surface area contributed by atoms with Crippen molar-refractivity contribution in [2.24, 2.45) is 0 Å². The monoisotopic (exact) mass is 192 g/mol. The summed E-state index contributed by atoms with van der Waals surface area (Å²) in [5, 5.41) is 16.9. The molecule has 0 heterocycles. The van der Waals surface area contributed by atoms with Gasteiger partial charge in [0.1, 0.15) is 0 Å². The van der Waals surface area contributed by atoms with Crippen molar-refractivity contribution < 1.29 is 22.0 Å². The van der Waals surface area contributed by atoms with Gasteiger partial charge in [-0.25, -0.2) is 10.5 Å². The smallest absolute Gasteiger partial charge is 0.696 e. The molecule has 0 atom stereocenters. The molecule has 0 saturated carbocycles. The van der Waals surface area contributed by atoms with Gasteiger partial charge in [-0.3, -0.25) is 0 Å². The molecule has 8 heavy (non-hydrogen) atoms. The minimum Gasteiger partial charge on any atom is -0.696 e. The zero-order valence-electron chi connectivity index (χ0n) is 3.53. The Kier molecular flexibility index (Phi) is 209. The maximum Gasteiger partial charge on any atom is 2.00 e. The maximum absolute atomic E-state index is 7.13. The fraction of sp³-hybridized carbons (Fsp3) is 0. The third kappa shape index (κ3) is 8720. The van der Waals surface area contributed by atoms with Gasteiger partial charge in [-0.2, -0.15) is 0 Å². The van der Waals surface area contributed by atoms with E-state index in [-0.39, 0.29) is 22.0 Å². The van der Waals surface area contributed by atoms with E-state index in [2.05, 4.69) is 25.3 Å². The third-order valence-corrected chi connectivity index (χ3v) is 0. The number of nitrogens with zero attached hydrogens (tertiary/aromatic N) is 2. The number of hydrogen-bond donors (Lipinski definition) is 0. The van der Waals surface area contributed by atoms with Crippen LogP contribution in [0.5, 0.6) is 0 Å². The second-order valence-electron chi connectivity index (χ2n) is 0.183. The first kappa shape index (κ1) is 24.8. The summed E-state index contributed by atoms with van der Waals surface area (Å²) < 4.78 is 0. The molecule has 0 aromatic carbocycles. The predicted octanol–water partition coefficient (Wildman–Crippen LogP) is -0.798. The summed E-state index contributed by atoms with van der Waals surface area (Å²) in [6.07, 6.45) is 0. The molecule has 0 fully saturated rings. The molecule has 0 spiro atoms. The van der Waals surface area contributed by atoms with Crippen LogP contribution in [0.15, 0.2) is 0 Å². The Bertz CT molecular complexity index is 73.0. The molecular weight excluding hydrogens is 191 g/mol. The van der Waals surface area contributed by atoms with Crippen LogP contribution in [0.1, 0.15) is 0 Å². The van der Waals surface area contributed by atoms with Gasteiger partial charge in [-0.15, -0.1) is 0 Å². The summed E-state index contributed by atoms with van der Waals surface area (Å²) in [4.78, 5) is 0. The third-order valence-electron chi connectivity index (χ3n) is 0. The van der Waals surface area contributed by atoms with Crippen LogP contribution in [-0.4, -0.2) is 5.48 Å². The van der Waals surface area contributed by atoms with Gasteiger partial charge < -0.3 is 30.7 Å². The van der Waals surface area contributed by atoms with Gasteiger partial charge in [0.15, 0.2) is 0 Å². The molecule has 0 aromatic rings. The largest absolute Gasteiger partial charge is 2.00 e. The summed E-state index contributed by atoms with van der Waals surface area (Å²) in [5.74, 6) is 0. The Morgan fingerprint density at radius 1 is 1.00 bits per heavy atom. The van der Waals surface area contributed by atoms with E-state index >= 15 is 0 Å². The van der Waals surface area contributed by atoms with E-state index in [1.807, 2.05) is 0 Å². The van der Waals surface area contributed by atoms with E-state index in [1.54, 1.807) is 0 Å². The van der Waals surface area contributed by atoms with E-state index in [9.17, 15) is 0 Å². The SMILES string of the molecule is N#C[S-].N#C[S-].O.[Ni+2]. The number of hydrogen-bond acceptors (Lipinski definition) is 4. The average molecular weight is 193 g/mol. The Hall–Kier alpha value is -0.126. The van der Waals surface area contributed by atoms with Gasteiger partial charge in [0, 0.05) is 0 Å². The molecule has 0 rings (SSSR count). The Morgan fingerprint density at radius 2 is 1.00 bits per heavy atom. The first-order valence-corrected chi connectivity index (χ1v) is 1.67. The van der Waals surface area contributed by atoms with Crippen molar-refractivity contribution in [2.45, 2.75) is 0 Å².